The second-order valence-corrected chi connectivity index (χ2v) is 6.89. The standard InChI is InChI=1S/C16H22N6O/c1-11-12-13(21(3)19-11)17-10-18-14(12)22-8-6-16(9-22)5-4-7-20(2)15(16)23/h10H,4-9H2,1-3H3. The van der Waals surface area contributed by atoms with Crippen molar-refractivity contribution in [1.29, 1.82) is 0 Å². The number of nitrogens with zero attached hydrogens (tertiary/aromatic N) is 6. The number of fused-ring (bicyclic) bond motifs is 1. The van der Waals surface area contributed by atoms with Crippen molar-refractivity contribution >= 4 is 22.8 Å². The van der Waals surface area contributed by atoms with Crippen LogP contribution < -0.4 is 4.90 Å². The molecule has 2 aromatic rings. The summed E-state index contributed by atoms with van der Waals surface area (Å²) in [4.78, 5) is 25.7. The van der Waals surface area contributed by atoms with Crippen molar-refractivity contribution in [2.75, 3.05) is 31.6 Å². The maximum absolute atomic E-state index is 12.7. The molecule has 4 rings (SSSR count). The number of piperidine rings is 1. The SMILES string of the molecule is Cc1nn(C)c2ncnc(N3CCC4(CCCN(C)C4=O)C3)c12. The summed E-state index contributed by atoms with van der Waals surface area (Å²) in [5, 5.41) is 5.47. The monoisotopic (exact) mass is 314 g/mol. The molecule has 1 amide bonds. The Morgan fingerprint density at radius 2 is 2.00 bits per heavy atom. The molecule has 1 unspecified atom stereocenters. The number of hydrogen-bond donors (Lipinski definition) is 0. The van der Waals surface area contributed by atoms with Crippen molar-refractivity contribution in [2.24, 2.45) is 12.5 Å². The van der Waals surface area contributed by atoms with Gasteiger partial charge in [0, 0.05) is 33.7 Å². The molecule has 4 heterocycles. The predicted molar refractivity (Wildman–Crippen MR) is 87.2 cm³/mol. The summed E-state index contributed by atoms with van der Waals surface area (Å²) in [6, 6.07) is 0. The molecule has 7 heteroatoms. The Kier molecular flexibility index (Phi) is 3.08. The molecular formula is C16H22N6O. The molecule has 2 aliphatic heterocycles. The van der Waals surface area contributed by atoms with Gasteiger partial charge in [0.05, 0.1) is 16.5 Å². The van der Waals surface area contributed by atoms with Gasteiger partial charge >= 0.3 is 0 Å². The minimum absolute atomic E-state index is 0.236. The van der Waals surface area contributed by atoms with Gasteiger partial charge in [-0.15, -0.1) is 0 Å². The first-order valence-corrected chi connectivity index (χ1v) is 8.17. The van der Waals surface area contributed by atoms with Crippen molar-refractivity contribution in [3.63, 3.8) is 0 Å². The largest absolute Gasteiger partial charge is 0.355 e. The maximum Gasteiger partial charge on any atom is 0.230 e. The van der Waals surface area contributed by atoms with Crippen molar-refractivity contribution in [1.82, 2.24) is 24.6 Å². The third kappa shape index (κ3) is 2.02. The summed E-state index contributed by atoms with van der Waals surface area (Å²) in [7, 11) is 3.82. The van der Waals surface area contributed by atoms with E-state index >= 15 is 0 Å². The minimum atomic E-state index is -0.236. The highest BCUT2D eigenvalue weighted by atomic mass is 16.2. The van der Waals surface area contributed by atoms with Gasteiger partial charge in [-0.2, -0.15) is 5.10 Å². The van der Waals surface area contributed by atoms with Crippen molar-refractivity contribution in [3.05, 3.63) is 12.0 Å². The molecule has 1 atom stereocenters. The van der Waals surface area contributed by atoms with Gasteiger partial charge in [-0.3, -0.25) is 9.48 Å². The van der Waals surface area contributed by atoms with Crippen LogP contribution in [0.3, 0.4) is 0 Å². The number of aryl methyl sites for hydroxylation is 2. The lowest BCUT2D eigenvalue weighted by molar-refractivity contribution is -0.143. The average molecular weight is 314 g/mol. The van der Waals surface area contributed by atoms with Crippen LogP contribution in [-0.2, 0) is 11.8 Å². The summed E-state index contributed by atoms with van der Waals surface area (Å²) in [5.41, 5.74) is 1.55. The molecule has 1 spiro atoms. The predicted octanol–water partition coefficient (Wildman–Crippen LogP) is 1.12. The molecule has 0 aliphatic carbocycles. The van der Waals surface area contributed by atoms with Gasteiger partial charge in [-0.25, -0.2) is 9.97 Å². The molecular weight excluding hydrogens is 292 g/mol. The van der Waals surface area contributed by atoms with Crippen molar-refractivity contribution in [2.45, 2.75) is 26.2 Å². The molecule has 2 aromatic heterocycles. The number of hydrogen-bond acceptors (Lipinski definition) is 5. The molecule has 0 bridgehead atoms. The van der Waals surface area contributed by atoms with E-state index in [1.807, 2.05) is 25.9 Å². The third-order valence-corrected chi connectivity index (χ3v) is 5.38. The highest BCUT2D eigenvalue weighted by Crippen LogP contribution is 2.42. The first kappa shape index (κ1) is 14.4. The Morgan fingerprint density at radius 1 is 1.17 bits per heavy atom. The number of amides is 1. The van der Waals surface area contributed by atoms with Crippen LogP contribution in [0.5, 0.6) is 0 Å². The number of likely N-dealkylation sites (tertiary alicyclic amines) is 1. The molecule has 23 heavy (non-hydrogen) atoms. The van der Waals surface area contributed by atoms with Crippen LogP contribution >= 0.6 is 0 Å². The summed E-state index contributed by atoms with van der Waals surface area (Å²) in [6.07, 6.45) is 4.56. The van der Waals surface area contributed by atoms with Crippen LogP contribution in [-0.4, -0.2) is 57.2 Å². The van der Waals surface area contributed by atoms with E-state index in [2.05, 4.69) is 20.0 Å². The van der Waals surface area contributed by atoms with E-state index < -0.39 is 0 Å². The lowest BCUT2D eigenvalue weighted by Gasteiger charge is -2.37. The van der Waals surface area contributed by atoms with Gasteiger partial charge < -0.3 is 9.80 Å². The summed E-state index contributed by atoms with van der Waals surface area (Å²) in [6.45, 7) is 4.47. The van der Waals surface area contributed by atoms with Crippen LogP contribution in [0.1, 0.15) is 25.0 Å². The smallest absolute Gasteiger partial charge is 0.230 e. The van der Waals surface area contributed by atoms with E-state index in [4.69, 9.17) is 0 Å². The molecule has 2 fully saturated rings. The normalized spacial score (nSPS) is 25.1. The average Bonchev–Trinajstić information content (AvgIpc) is 3.08. The Balaban J connectivity index is 1.72. The Labute approximate surface area is 135 Å². The fourth-order valence-corrected chi connectivity index (χ4v) is 4.20. The molecule has 2 saturated heterocycles. The van der Waals surface area contributed by atoms with Crippen molar-refractivity contribution < 1.29 is 4.79 Å². The van der Waals surface area contributed by atoms with Gasteiger partial charge in [0.2, 0.25) is 5.91 Å². The minimum Gasteiger partial charge on any atom is -0.355 e. The van der Waals surface area contributed by atoms with Crippen molar-refractivity contribution in [3.8, 4) is 0 Å². The maximum atomic E-state index is 12.7. The van der Waals surface area contributed by atoms with E-state index in [0.717, 1.165) is 61.4 Å². The van der Waals surface area contributed by atoms with E-state index in [0.29, 0.717) is 5.91 Å². The Hall–Kier alpha value is -2.18. The highest BCUT2D eigenvalue weighted by Gasteiger charge is 2.48. The number of aromatic nitrogens is 4. The van der Waals surface area contributed by atoms with E-state index in [1.54, 1.807) is 11.0 Å². The van der Waals surface area contributed by atoms with E-state index in [-0.39, 0.29) is 5.41 Å². The lowest BCUT2D eigenvalue weighted by Crippen LogP contribution is -2.48. The third-order valence-electron chi connectivity index (χ3n) is 5.38. The molecule has 0 saturated carbocycles. The second-order valence-electron chi connectivity index (χ2n) is 6.89. The summed E-state index contributed by atoms with van der Waals surface area (Å²) < 4.78 is 1.79. The topological polar surface area (TPSA) is 67.2 Å². The van der Waals surface area contributed by atoms with Crippen LogP contribution in [0.4, 0.5) is 5.82 Å². The number of anilines is 1. The first-order valence-electron chi connectivity index (χ1n) is 8.17. The number of carbonyl (C=O) groups is 1. The highest BCUT2D eigenvalue weighted by molar-refractivity contribution is 5.91. The van der Waals surface area contributed by atoms with Gasteiger partial charge in [-0.05, 0) is 26.2 Å². The molecule has 0 aromatic carbocycles. The molecule has 2 aliphatic rings. The van der Waals surface area contributed by atoms with Crippen LogP contribution in [0.25, 0.3) is 11.0 Å². The zero-order valence-corrected chi connectivity index (χ0v) is 13.9. The second kappa shape index (κ2) is 4.91. The zero-order valence-electron chi connectivity index (χ0n) is 13.9. The molecule has 7 nitrogen and oxygen atoms in total. The summed E-state index contributed by atoms with van der Waals surface area (Å²) in [5.74, 6) is 1.21. The van der Waals surface area contributed by atoms with Crippen LogP contribution in [0.15, 0.2) is 6.33 Å². The van der Waals surface area contributed by atoms with Gasteiger partial charge in [0.15, 0.2) is 5.65 Å². The molecule has 0 radical (unpaired) electrons. The fraction of sp³-hybridized carbons (Fsp3) is 0.625. The van der Waals surface area contributed by atoms with Gasteiger partial charge in [0.25, 0.3) is 0 Å². The van der Waals surface area contributed by atoms with Crippen LogP contribution in [0, 0.1) is 12.3 Å². The zero-order chi connectivity index (χ0) is 16.2. The Bertz CT molecular complexity index is 784. The lowest BCUT2D eigenvalue weighted by atomic mass is 9.78. The summed E-state index contributed by atoms with van der Waals surface area (Å²) >= 11 is 0. The number of carbonyl (C=O) groups excluding carboxylic acids is 1. The van der Waals surface area contributed by atoms with Crippen LogP contribution in [0.2, 0.25) is 0 Å². The Morgan fingerprint density at radius 3 is 2.83 bits per heavy atom. The van der Waals surface area contributed by atoms with Gasteiger partial charge in [-0.1, -0.05) is 0 Å². The van der Waals surface area contributed by atoms with Gasteiger partial charge in [0.1, 0.15) is 12.1 Å². The molecule has 122 valence electrons. The molecule has 0 N–H and O–H groups in total. The quantitative estimate of drug-likeness (QED) is 0.789. The fourth-order valence-electron chi connectivity index (χ4n) is 4.20. The first-order chi connectivity index (χ1) is 11.0. The van der Waals surface area contributed by atoms with E-state index in [1.165, 1.54) is 0 Å². The van der Waals surface area contributed by atoms with E-state index in [9.17, 15) is 4.79 Å². The number of rotatable bonds is 1.